The molecule has 0 heterocycles. The van der Waals surface area contributed by atoms with Crippen molar-refractivity contribution in [2.45, 2.75) is 0 Å². The summed E-state index contributed by atoms with van der Waals surface area (Å²) in [7, 11) is 0. The molecule has 5 heteroatoms. The summed E-state index contributed by atoms with van der Waals surface area (Å²) >= 11 is 12.5. The normalized spacial score (nSPS) is 10.2. The summed E-state index contributed by atoms with van der Waals surface area (Å²) in [6.07, 6.45) is 0. The van der Waals surface area contributed by atoms with Crippen molar-refractivity contribution in [2.24, 2.45) is 0 Å². The number of para-hydroxylation sites is 1. The topological polar surface area (TPSA) is 29.1 Å². The van der Waals surface area contributed by atoms with Crippen LogP contribution < -0.4 is 4.97 Å². The zero-order chi connectivity index (χ0) is 13.1. The van der Waals surface area contributed by atoms with Crippen LogP contribution in [-0.2, 0) is 0 Å². The number of carbonyl (C=O) groups is 1. The summed E-state index contributed by atoms with van der Waals surface area (Å²) in [5, 5.41) is 3.56. The first kappa shape index (κ1) is 14.5. The van der Waals surface area contributed by atoms with Gasteiger partial charge in [0.05, 0.1) is 0 Å². The molecule has 86 valence electrons. The Kier molecular flexibility index (Phi) is 5.27. The van der Waals surface area contributed by atoms with E-state index in [9.17, 15) is 4.79 Å². The van der Waals surface area contributed by atoms with Gasteiger partial charge < -0.3 is 0 Å². The van der Waals surface area contributed by atoms with Crippen LogP contribution in [0, 0.1) is 0 Å². The molecule has 18 heavy (non-hydrogen) atoms. The number of nitrogens with one attached hydrogen (secondary N) is 1. The van der Waals surface area contributed by atoms with Gasteiger partial charge in [-0.15, -0.1) is 0 Å². The number of rotatable bonds is 2. The van der Waals surface area contributed by atoms with E-state index in [1.165, 1.54) is -0.342 Å². The molecule has 1 N–H and O–H groups in total. The van der Waals surface area contributed by atoms with Gasteiger partial charge in [-0.3, -0.25) is 0 Å². The number of hydrogen-bond donors (Lipinski definition) is 1. The van der Waals surface area contributed by atoms with Gasteiger partial charge in [0, 0.05) is 0 Å². The second kappa shape index (κ2) is 6.52. The average Bonchev–Trinajstić information content (AvgIpc) is 2.32. The molecule has 0 bridgehead atoms. The van der Waals surface area contributed by atoms with Gasteiger partial charge in [0.25, 0.3) is 0 Å². The van der Waals surface area contributed by atoms with Crippen LogP contribution in [0.1, 0.15) is 10.4 Å². The van der Waals surface area contributed by atoms with Gasteiger partial charge >= 0.3 is 152 Å². The fraction of sp³-hybridized carbons (Fsp3) is 0. The van der Waals surface area contributed by atoms with Crippen LogP contribution in [0.4, 0.5) is 5.69 Å². The third kappa shape index (κ3) is 3.36. The van der Waals surface area contributed by atoms with E-state index in [1.54, 1.807) is 18.2 Å². The Morgan fingerprint density at radius 3 is 2.22 bits per heavy atom. The Bertz CT molecular complexity index is 581. The van der Waals surface area contributed by atoms with E-state index in [2.05, 4.69) is 5.32 Å². The maximum absolute atomic E-state index is 12.1. The van der Waals surface area contributed by atoms with Crippen molar-refractivity contribution in [3.8, 4) is 0 Å². The third-order valence-corrected chi connectivity index (χ3v) is 4.57. The fourth-order valence-electron chi connectivity index (χ4n) is 1.61. The van der Waals surface area contributed by atoms with Crippen molar-refractivity contribution >= 4 is 83.4 Å². The number of benzene rings is 2. The molecule has 0 saturated carbocycles. The molecule has 0 aliphatic heterocycles. The summed E-state index contributed by atoms with van der Waals surface area (Å²) in [5.41, 5.74) is 1.15. The van der Waals surface area contributed by atoms with Gasteiger partial charge in [-0.05, 0) is 0 Å². The van der Waals surface area contributed by atoms with Gasteiger partial charge in [0.1, 0.15) is 0 Å². The quantitative estimate of drug-likeness (QED) is 0.849. The SMILES string of the molecule is O=C(Nc1cccc[c]1[K])c1c(Cl)cccc1Cl. The summed E-state index contributed by atoms with van der Waals surface area (Å²) in [5.74, 6) is -0.276. The molecule has 0 radical (unpaired) electrons. The molecule has 0 aromatic heterocycles. The molecular weight excluding hydrogens is 296 g/mol. The monoisotopic (exact) mass is 303 g/mol. The van der Waals surface area contributed by atoms with Gasteiger partial charge in [-0.1, -0.05) is 0 Å². The Hall–Kier alpha value is 0.126. The Morgan fingerprint density at radius 2 is 1.61 bits per heavy atom. The predicted molar refractivity (Wildman–Crippen MR) is 76.2 cm³/mol. The first-order chi connectivity index (χ1) is 8.59. The van der Waals surface area contributed by atoms with Crippen molar-refractivity contribution in [1.82, 2.24) is 0 Å². The fourth-order valence-corrected chi connectivity index (χ4v) is 2.94. The number of amides is 1. The summed E-state index contributed by atoms with van der Waals surface area (Å²) in [6, 6.07) is 12.7. The zero-order valence-corrected chi connectivity index (χ0v) is 14.3. The van der Waals surface area contributed by atoms with E-state index in [0.717, 1.165) is 5.69 Å². The van der Waals surface area contributed by atoms with Gasteiger partial charge in [-0.2, -0.15) is 0 Å². The van der Waals surface area contributed by atoms with Crippen LogP contribution in [0.5, 0.6) is 0 Å². The standard InChI is InChI=1S/C13H8Cl2NO.K/c14-10-7-4-8-11(15)12(10)13(17)16-9-5-2-1-3-6-9;/h1-5,7-8H,(H,16,17);. The number of hydrogen-bond acceptors (Lipinski definition) is 1. The first-order valence-corrected chi connectivity index (χ1v) is 7.72. The predicted octanol–water partition coefficient (Wildman–Crippen LogP) is 3.04. The van der Waals surface area contributed by atoms with Crippen LogP contribution in [0.2, 0.25) is 10.0 Å². The third-order valence-electron chi connectivity index (χ3n) is 2.58. The molecular formula is C13H8Cl2KNO. The second-order valence-corrected chi connectivity index (χ2v) is 6.36. The van der Waals surface area contributed by atoms with Crippen molar-refractivity contribution in [1.29, 1.82) is 0 Å². The molecule has 0 spiro atoms. The Labute approximate surface area is 149 Å². The van der Waals surface area contributed by atoms with Crippen molar-refractivity contribution < 1.29 is 4.79 Å². The molecule has 0 unspecified atom stereocenters. The summed E-state index contributed by atoms with van der Waals surface area (Å²) < 4.78 is 1.17. The number of halogens is 2. The Balaban J connectivity index is 2.31. The Morgan fingerprint density at radius 1 is 1.00 bits per heavy atom. The zero-order valence-electron chi connectivity index (χ0n) is 9.71. The van der Waals surface area contributed by atoms with Crippen LogP contribution in [0.25, 0.3) is 0 Å². The minimum atomic E-state index is -0.276. The van der Waals surface area contributed by atoms with E-state index in [-0.39, 0.29) is 5.91 Å². The molecule has 0 aliphatic carbocycles. The van der Waals surface area contributed by atoms with Crippen LogP contribution >= 0.6 is 23.2 Å². The van der Waals surface area contributed by atoms with Crippen LogP contribution in [0.15, 0.2) is 42.5 Å². The van der Waals surface area contributed by atoms with Crippen molar-refractivity contribution in [3.63, 3.8) is 0 Å². The first-order valence-electron chi connectivity index (χ1n) is 5.40. The summed E-state index contributed by atoms with van der Waals surface area (Å²) in [4.78, 5) is 12.1. The molecule has 0 aliphatic rings. The molecule has 2 aromatic rings. The van der Waals surface area contributed by atoms with E-state index in [4.69, 9.17) is 23.2 Å². The minimum absolute atomic E-state index is 0.276. The van der Waals surface area contributed by atoms with Gasteiger partial charge in [0.15, 0.2) is 0 Å². The molecule has 0 saturated heterocycles. The molecule has 2 nitrogen and oxygen atoms in total. The van der Waals surface area contributed by atoms with Crippen molar-refractivity contribution in [3.05, 3.63) is 58.1 Å². The average molecular weight is 304 g/mol. The van der Waals surface area contributed by atoms with Crippen LogP contribution in [-0.4, -0.2) is 54.9 Å². The summed E-state index contributed by atoms with van der Waals surface area (Å²) in [6.45, 7) is 0. The van der Waals surface area contributed by atoms with Gasteiger partial charge in [0.2, 0.25) is 0 Å². The molecule has 0 atom stereocenters. The molecule has 1 amide bonds. The number of carbonyl (C=O) groups excluding carboxylic acids is 1. The number of anilines is 1. The van der Waals surface area contributed by atoms with E-state index < -0.39 is 0 Å². The molecule has 2 aromatic carbocycles. The van der Waals surface area contributed by atoms with E-state index >= 15 is 0 Å². The molecule has 0 fully saturated rings. The van der Waals surface area contributed by atoms with Gasteiger partial charge in [-0.25, -0.2) is 0 Å². The second-order valence-electron chi connectivity index (χ2n) is 3.87. The maximum atomic E-state index is 12.1. The van der Waals surface area contributed by atoms with Crippen LogP contribution in [0.3, 0.4) is 0 Å². The van der Waals surface area contributed by atoms with Crippen molar-refractivity contribution in [2.75, 3.05) is 5.32 Å². The molecule has 2 rings (SSSR count). The van der Waals surface area contributed by atoms with E-state index in [0.29, 0.717) is 64.6 Å². The van der Waals surface area contributed by atoms with E-state index in [1.807, 2.05) is 24.3 Å².